The van der Waals surface area contributed by atoms with Crippen LogP contribution in [0.15, 0.2) is 18.3 Å². The number of alkyl halides is 3. The number of benzene rings is 1. The lowest BCUT2D eigenvalue weighted by Crippen LogP contribution is -2.06. The number of rotatable bonds is 1. The minimum atomic E-state index is -4.54. The molecule has 23 heavy (non-hydrogen) atoms. The van der Waals surface area contributed by atoms with Gasteiger partial charge in [0, 0.05) is 7.05 Å². The van der Waals surface area contributed by atoms with E-state index in [9.17, 15) is 18.3 Å². The predicted molar refractivity (Wildman–Crippen MR) is 78.2 cm³/mol. The lowest BCUT2D eigenvalue weighted by atomic mass is 10.0. The number of hydrogen-bond acceptors (Lipinski definition) is 4. The van der Waals surface area contributed by atoms with E-state index in [0.717, 1.165) is 6.07 Å². The van der Waals surface area contributed by atoms with Crippen LogP contribution in [0.4, 0.5) is 13.2 Å². The zero-order valence-corrected chi connectivity index (χ0v) is 12.7. The van der Waals surface area contributed by atoms with Crippen LogP contribution in [0.3, 0.4) is 0 Å². The summed E-state index contributed by atoms with van der Waals surface area (Å²) in [5.41, 5.74) is 0.157. The molecule has 2 heterocycles. The summed E-state index contributed by atoms with van der Waals surface area (Å²) in [6.45, 7) is 1.47. The normalized spacial score (nSPS) is 12.1. The maximum atomic E-state index is 12.8. The summed E-state index contributed by atoms with van der Waals surface area (Å²) in [6.07, 6.45) is -3.20. The zero-order valence-electron chi connectivity index (χ0n) is 12.0. The van der Waals surface area contributed by atoms with Gasteiger partial charge in [0.1, 0.15) is 16.7 Å². The summed E-state index contributed by atoms with van der Waals surface area (Å²) in [6, 6.07) is 1.64. The Morgan fingerprint density at radius 3 is 2.52 bits per heavy atom. The van der Waals surface area contributed by atoms with Crippen molar-refractivity contribution in [2.75, 3.05) is 0 Å². The molecular formula is C14H10ClF3N4O. The molecule has 0 atom stereocenters. The van der Waals surface area contributed by atoms with Crippen molar-refractivity contribution < 1.29 is 18.3 Å². The molecule has 9 heteroatoms. The third kappa shape index (κ3) is 2.59. The third-order valence-corrected chi connectivity index (χ3v) is 3.60. The fraction of sp³-hybridized carbons (Fsp3) is 0.214. The lowest BCUT2D eigenvalue weighted by molar-refractivity contribution is -0.137. The highest BCUT2D eigenvalue weighted by atomic mass is 35.5. The van der Waals surface area contributed by atoms with Gasteiger partial charge in [0.15, 0.2) is 11.3 Å². The monoisotopic (exact) mass is 342 g/mol. The number of aromatic hydroxyl groups is 1. The van der Waals surface area contributed by atoms with Gasteiger partial charge in [-0.3, -0.25) is 0 Å². The molecule has 0 fully saturated rings. The Bertz CT molecular complexity index is 897. The molecule has 2 aromatic heterocycles. The molecule has 3 rings (SSSR count). The van der Waals surface area contributed by atoms with E-state index >= 15 is 0 Å². The Labute approximate surface area is 133 Å². The van der Waals surface area contributed by atoms with Crippen molar-refractivity contribution in [2.45, 2.75) is 13.1 Å². The van der Waals surface area contributed by atoms with Gasteiger partial charge in [0.2, 0.25) is 0 Å². The second-order valence-corrected chi connectivity index (χ2v) is 5.41. The minimum absolute atomic E-state index is 0.149. The van der Waals surface area contributed by atoms with E-state index in [4.69, 9.17) is 11.6 Å². The van der Waals surface area contributed by atoms with E-state index in [1.807, 2.05) is 0 Å². The van der Waals surface area contributed by atoms with Crippen LogP contribution in [-0.2, 0) is 13.2 Å². The number of hydrogen-bond donors (Lipinski definition) is 1. The average Bonchev–Trinajstić information content (AvgIpc) is 2.73. The van der Waals surface area contributed by atoms with E-state index in [-0.39, 0.29) is 27.8 Å². The molecule has 0 spiro atoms. The van der Waals surface area contributed by atoms with Crippen LogP contribution >= 0.6 is 11.6 Å². The molecule has 0 saturated carbocycles. The highest BCUT2D eigenvalue weighted by Gasteiger charge is 2.32. The van der Waals surface area contributed by atoms with Gasteiger partial charge in [-0.1, -0.05) is 11.6 Å². The summed E-state index contributed by atoms with van der Waals surface area (Å²) >= 11 is 5.76. The van der Waals surface area contributed by atoms with E-state index in [1.54, 1.807) is 7.05 Å². The molecule has 0 radical (unpaired) electrons. The van der Waals surface area contributed by atoms with Crippen molar-refractivity contribution in [1.29, 1.82) is 0 Å². The first-order valence-corrected chi connectivity index (χ1v) is 6.82. The number of nitrogens with zero attached hydrogens (tertiary/aromatic N) is 4. The van der Waals surface area contributed by atoms with Crippen LogP contribution in [0.25, 0.3) is 22.7 Å². The average molecular weight is 343 g/mol. The first kappa shape index (κ1) is 15.5. The quantitative estimate of drug-likeness (QED) is 0.732. The number of phenols is 1. The van der Waals surface area contributed by atoms with Crippen molar-refractivity contribution in [3.8, 4) is 17.1 Å². The summed E-state index contributed by atoms with van der Waals surface area (Å²) < 4.78 is 40.0. The Kier molecular flexibility index (Phi) is 3.44. The number of halogens is 4. The second-order valence-electron chi connectivity index (χ2n) is 5.02. The summed E-state index contributed by atoms with van der Waals surface area (Å²) in [5, 5.41) is 10.2. The van der Waals surface area contributed by atoms with Crippen LogP contribution in [0.5, 0.6) is 5.75 Å². The van der Waals surface area contributed by atoms with Gasteiger partial charge in [-0.25, -0.2) is 15.0 Å². The highest BCUT2D eigenvalue weighted by Crippen LogP contribution is 2.39. The van der Waals surface area contributed by atoms with E-state index < -0.39 is 17.5 Å². The molecule has 1 N–H and O–H groups in total. The number of phenolic OH excluding ortho intramolecular Hbond substituents is 1. The molecule has 120 valence electrons. The maximum Gasteiger partial charge on any atom is 0.416 e. The number of aryl methyl sites for hydroxylation is 2. The summed E-state index contributed by atoms with van der Waals surface area (Å²) in [5.74, 6) is -0.257. The van der Waals surface area contributed by atoms with Gasteiger partial charge in [0.25, 0.3) is 0 Å². The smallest absolute Gasteiger partial charge is 0.416 e. The Morgan fingerprint density at radius 1 is 1.22 bits per heavy atom. The van der Waals surface area contributed by atoms with Crippen molar-refractivity contribution >= 4 is 22.9 Å². The number of fused-ring (bicyclic) bond motifs is 1. The van der Waals surface area contributed by atoms with Crippen molar-refractivity contribution in [3.63, 3.8) is 0 Å². The fourth-order valence-corrected chi connectivity index (χ4v) is 2.51. The summed E-state index contributed by atoms with van der Waals surface area (Å²) in [7, 11) is 1.63. The van der Waals surface area contributed by atoms with E-state index in [1.165, 1.54) is 17.7 Å². The van der Waals surface area contributed by atoms with Crippen LogP contribution in [0.1, 0.15) is 11.1 Å². The zero-order chi connectivity index (χ0) is 16.9. The Morgan fingerprint density at radius 2 is 1.91 bits per heavy atom. The molecule has 0 aliphatic rings. The van der Waals surface area contributed by atoms with Crippen molar-refractivity contribution in [2.24, 2.45) is 7.05 Å². The van der Waals surface area contributed by atoms with Crippen LogP contribution in [0, 0.1) is 6.92 Å². The second kappa shape index (κ2) is 5.09. The Hall–Kier alpha value is -2.35. The van der Waals surface area contributed by atoms with Crippen LogP contribution in [-0.4, -0.2) is 24.6 Å². The van der Waals surface area contributed by atoms with Crippen LogP contribution < -0.4 is 0 Å². The first-order valence-electron chi connectivity index (χ1n) is 6.44. The first-order chi connectivity index (χ1) is 10.7. The Balaban J connectivity index is 2.25. The molecule has 3 aromatic rings. The highest BCUT2D eigenvalue weighted by molar-refractivity contribution is 6.29. The van der Waals surface area contributed by atoms with Gasteiger partial charge in [-0.05, 0) is 24.6 Å². The van der Waals surface area contributed by atoms with Crippen molar-refractivity contribution in [3.05, 3.63) is 34.6 Å². The van der Waals surface area contributed by atoms with Gasteiger partial charge in [-0.15, -0.1) is 0 Å². The predicted octanol–water partition coefficient (Wildman–Crippen LogP) is 3.72. The topological polar surface area (TPSA) is 63.8 Å². The van der Waals surface area contributed by atoms with Crippen LogP contribution in [0.2, 0.25) is 5.15 Å². The molecule has 0 aliphatic carbocycles. The molecule has 5 nitrogen and oxygen atoms in total. The molecule has 0 unspecified atom stereocenters. The molecule has 0 bridgehead atoms. The lowest BCUT2D eigenvalue weighted by Gasteiger charge is -2.13. The van der Waals surface area contributed by atoms with Crippen molar-refractivity contribution in [1.82, 2.24) is 19.5 Å². The van der Waals surface area contributed by atoms with E-state index in [0.29, 0.717) is 11.7 Å². The molecule has 0 saturated heterocycles. The standard InChI is InChI=1S/C14H10ClF3N4O/c1-6-3-7(14(16,17)18)4-8(23)10(6)12-21-11-13(22(12)2)19-5-9(15)20-11/h3-5,23H,1-2H3. The molecule has 1 aromatic carbocycles. The molecule has 0 aliphatic heterocycles. The number of imidazole rings is 1. The van der Waals surface area contributed by atoms with Gasteiger partial charge < -0.3 is 9.67 Å². The maximum absolute atomic E-state index is 12.8. The molecular weight excluding hydrogens is 333 g/mol. The van der Waals surface area contributed by atoms with Gasteiger partial charge >= 0.3 is 6.18 Å². The number of aromatic nitrogens is 4. The van der Waals surface area contributed by atoms with E-state index in [2.05, 4.69) is 15.0 Å². The minimum Gasteiger partial charge on any atom is -0.507 e. The summed E-state index contributed by atoms with van der Waals surface area (Å²) in [4.78, 5) is 12.3. The molecule has 0 amide bonds. The largest absolute Gasteiger partial charge is 0.507 e. The third-order valence-electron chi connectivity index (χ3n) is 3.42. The van der Waals surface area contributed by atoms with Gasteiger partial charge in [0.05, 0.1) is 17.3 Å². The fourth-order valence-electron chi connectivity index (χ4n) is 2.39. The van der Waals surface area contributed by atoms with Gasteiger partial charge in [-0.2, -0.15) is 13.2 Å². The SMILES string of the molecule is Cc1cc(C(F)(F)F)cc(O)c1-c1nc2nc(Cl)cnc2n1C.